The first-order chi connectivity index (χ1) is 11.8. The Balaban J connectivity index is 2.00. The molecule has 0 radical (unpaired) electrons. The third-order valence-electron chi connectivity index (χ3n) is 3.69. The molecule has 3 heterocycles. The van der Waals surface area contributed by atoms with Gasteiger partial charge in [-0.1, -0.05) is 5.16 Å². The largest absolute Gasteiger partial charge is 0.364 e. The van der Waals surface area contributed by atoms with Crippen LogP contribution >= 0.6 is 0 Å². The Labute approximate surface area is 146 Å². The molecule has 0 aliphatic rings. The summed E-state index contributed by atoms with van der Waals surface area (Å²) in [4.78, 5) is 12.1. The topological polar surface area (TPSA) is 103 Å². The fourth-order valence-electron chi connectivity index (χ4n) is 2.65. The van der Waals surface area contributed by atoms with Gasteiger partial charge in [-0.05, 0) is 46.8 Å². The fourth-order valence-corrected chi connectivity index (χ4v) is 2.65. The lowest BCUT2D eigenvalue weighted by atomic mass is 10.1. The minimum Gasteiger partial charge on any atom is -0.364 e. The van der Waals surface area contributed by atoms with Crippen LogP contribution in [0.4, 0.5) is 5.82 Å². The Morgan fingerprint density at radius 2 is 2.00 bits per heavy atom. The first kappa shape index (κ1) is 16.9. The molecule has 7 heteroatoms. The Hall–Kier alpha value is -2.96. The number of aryl methyl sites for hydroxylation is 2. The second-order valence-corrected chi connectivity index (χ2v) is 7.00. The van der Waals surface area contributed by atoms with Gasteiger partial charge in [0.1, 0.15) is 5.76 Å². The summed E-state index contributed by atoms with van der Waals surface area (Å²) in [5.74, 6) is 1.95. The van der Waals surface area contributed by atoms with Crippen molar-refractivity contribution >= 4 is 12.0 Å². The average molecular weight is 338 g/mol. The second-order valence-electron chi connectivity index (χ2n) is 7.00. The molecule has 0 aliphatic carbocycles. The number of nitrogens with one attached hydrogen (secondary N) is 3. The molecule has 0 saturated heterocycles. The smallest absolute Gasteiger partial charge is 0.153 e. The zero-order valence-corrected chi connectivity index (χ0v) is 15.1. The predicted molar refractivity (Wildman–Crippen MR) is 98.1 cm³/mol. The van der Waals surface area contributed by atoms with E-state index in [1.165, 1.54) is 6.21 Å². The molecule has 0 unspecified atom stereocenters. The van der Waals surface area contributed by atoms with Crippen LogP contribution in [-0.2, 0) is 0 Å². The van der Waals surface area contributed by atoms with E-state index in [0.29, 0.717) is 11.6 Å². The molecule has 25 heavy (non-hydrogen) atoms. The quantitative estimate of drug-likeness (QED) is 0.625. The first-order valence-electron chi connectivity index (χ1n) is 8.07. The number of anilines is 1. The summed E-state index contributed by atoms with van der Waals surface area (Å²) < 4.78 is 5.22. The summed E-state index contributed by atoms with van der Waals surface area (Å²) in [7, 11) is 0. The zero-order valence-electron chi connectivity index (χ0n) is 15.1. The van der Waals surface area contributed by atoms with Crippen LogP contribution < -0.4 is 5.32 Å². The van der Waals surface area contributed by atoms with Crippen LogP contribution in [0, 0.1) is 19.3 Å². The predicted octanol–water partition coefficient (Wildman–Crippen LogP) is 3.95. The standard InChI is InChI=1S/C18H22N6O/c1-10-15(11(2)25-24-10)13-7-6-12(9-20-13)16-17(23-18(3,4)5)22-14(8-19)21-16/h6-9,19,23H,1-5H3,(H,21,22). The van der Waals surface area contributed by atoms with Gasteiger partial charge in [0.15, 0.2) is 11.6 Å². The molecule has 3 rings (SSSR count). The van der Waals surface area contributed by atoms with Crippen molar-refractivity contribution in [3.05, 3.63) is 35.6 Å². The molecule has 0 aliphatic heterocycles. The van der Waals surface area contributed by atoms with Crippen molar-refractivity contribution < 1.29 is 4.52 Å². The van der Waals surface area contributed by atoms with Gasteiger partial charge in [0, 0.05) is 17.3 Å². The van der Waals surface area contributed by atoms with Crippen molar-refractivity contribution in [2.24, 2.45) is 0 Å². The van der Waals surface area contributed by atoms with E-state index in [1.54, 1.807) is 6.20 Å². The van der Waals surface area contributed by atoms with Crippen LogP contribution in [0.25, 0.3) is 22.5 Å². The second kappa shape index (κ2) is 6.16. The van der Waals surface area contributed by atoms with E-state index in [-0.39, 0.29) is 5.54 Å². The molecule has 0 aromatic carbocycles. The number of imidazole rings is 1. The monoisotopic (exact) mass is 338 g/mol. The van der Waals surface area contributed by atoms with E-state index >= 15 is 0 Å². The van der Waals surface area contributed by atoms with Crippen molar-refractivity contribution in [3.63, 3.8) is 0 Å². The van der Waals surface area contributed by atoms with Gasteiger partial charge in [0.05, 0.1) is 28.9 Å². The van der Waals surface area contributed by atoms with Crippen LogP contribution in [0.2, 0.25) is 0 Å². The van der Waals surface area contributed by atoms with Gasteiger partial charge in [0.2, 0.25) is 0 Å². The number of nitrogens with zero attached hydrogens (tertiary/aromatic N) is 3. The fraction of sp³-hybridized carbons (Fsp3) is 0.333. The Morgan fingerprint density at radius 1 is 1.24 bits per heavy atom. The number of hydrogen-bond donors (Lipinski definition) is 3. The van der Waals surface area contributed by atoms with E-state index in [4.69, 9.17) is 9.93 Å². The number of H-pyrrole nitrogens is 1. The molecule has 3 aromatic rings. The number of aromatic nitrogens is 4. The van der Waals surface area contributed by atoms with Gasteiger partial charge in [0.25, 0.3) is 0 Å². The maximum Gasteiger partial charge on any atom is 0.153 e. The minimum absolute atomic E-state index is 0.146. The van der Waals surface area contributed by atoms with Gasteiger partial charge in [-0.15, -0.1) is 0 Å². The SMILES string of the molecule is Cc1noc(C)c1-c1ccc(-c2[nH]c(C=N)nc2NC(C)(C)C)cn1. The average Bonchev–Trinajstić information content (AvgIpc) is 3.09. The maximum absolute atomic E-state index is 7.44. The zero-order chi connectivity index (χ0) is 18.2. The summed E-state index contributed by atoms with van der Waals surface area (Å²) in [6.07, 6.45) is 2.99. The van der Waals surface area contributed by atoms with Crippen molar-refractivity contribution in [3.8, 4) is 22.5 Å². The first-order valence-corrected chi connectivity index (χ1v) is 8.07. The summed E-state index contributed by atoms with van der Waals surface area (Å²) in [6.45, 7) is 9.97. The van der Waals surface area contributed by atoms with Crippen LogP contribution in [0.5, 0.6) is 0 Å². The van der Waals surface area contributed by atoms with Crippen molar-refractivity contribution in [1.82, 2.24) is 20.1 Å². The molecule has 0 atom stereocenters. The number of rotatable bonds is 4. The third-order valence-corrected chi connectivity index (χ3v) is 3.69. The normalized spacial score (nSPS) is 11.6. The lowest BCUT2D eigenvalue weighted by Crippen LogP contribution is -2.26. The van der Waals surface area contributed by atoms with E-state index in [0.717, 1.165) is 34.0 Å². The summed E-state index contributed by atoms with van der Waals surface area (Å²) in [6, 6.07) is 3.91. The van der Waals surface area contributed by atoms with E-state index in [2.05, 4.69) is 46.2 Å². The molecule has 0 fully saturated rings. The molecular formula is C18H22N6O. The van der Waals surface area contributed by atoms with Crippen molar-refractivity contribution in [2.45, 2.75) is 40.2 Å². The molecule has 0 saturated carbocycles. The molecular weight excluding hydrogens is 316 g/mol. The molecule has 7 nitrogen and oxygen atoms in total. The molecule has 0 bridgehead atoms. The number of pyridine rings is 1. The van der Waals surface area contributed by atoms with Gasteiger partial charge in [-0.3, -0.25) is 4.98 Å². The van der Waals surface area contributed by atoms with E-state index in [1.807, 2.05) is 26.0 Å². The summed E-state index contributed by atoms with van der Waals surface area (Å²) in [5, 5.41) is 14.8. The van der Waals surface area contributed by atoms with Crippen molar-refractivity contribution in [1.29, 1.82) is 5.41 Å². The van der Waals surface area contributed by atoms with Gasteiger partial charge < -0.3 is 20.2 Å². The van der Waals surface area contributed by atoms with Crippen molar-refractivity contribution in [2.75, 3.05) is 5.32 Å². The lowest BCUT2D eigenvalue weighted by molar-refractivity contribution is 0.393. The summed E-state index contributed by atoms with van der Waals surface area (Å²) in [5.41, 5.74) is 4.11. The van der Waals surface area contributed by atoms with Crippen LogP contribution in [0.1, 0.15) is 38.0 Å². The van der Waals surface area contributed by atoms with Crippen LogP contribution in [0.3, 0.4) is 0 Å². The van der Waals surface area contributed by atoms with Gasteiger partial charge >= 0.3 is 0 Å². The number of hydrogen-bond acceptors (Lipinski definition) is 6. The molecule has 0 amide bonds. The Morgan fingerprint density at radius 3 is 2.52 bits per heavy atom. The lowest BCUT2D eigenvalue weighted by Gasteiger charge is -2.21. The highest BCUT2D eigenvalue weighted by Gasteiger charge is 2.18. The van der Waals surface area contributed by atoms with Gasteiger partial charge in [-0.25, -0.2) is 4.98 Å². The minimum atomic E-state index is -0.146. The molecule has 3 aromatic heterocycles. The summed E-state index contributed by atoms with van der Waals surface area (Å²) >= 11 is 0. The Kier molecular flexibility index (Phi) is 4.16. The number of aromatic amines is 1. The van der Waals surface area contributed by atoms with E-state index in [9.17, 15) is 0 Å². The Bertz CT molecular complexity index is 879. The maximum atomic E-state index is 7.44. The van der Waals surface area contributed by atoms with Crippen LogP contribution in [0.15, 0.2) is 22.9 Å². The van der Waals surface area contributed by atoms with Gasteiger partial charge in [-0.2, -0.15) is 0 Å². The highest BCUT2D eigenvalue weighted by Crippen LogP contribution is 2.30. The molecule has 3 N–H and O–H groups in total. The molecule has 130 valence electrons. The highest BCUT2D eigenvalue weighted by atomic mass is 16.5. The highest BCUT2D eigenvalue weighted by molar-refractivity contribution is 5.80. The van der Waals surface area contributed by atoms with Crippen LogP contribution in [-0.4, -0.2) is 31.9 Å². The molecule has 0 spiro atoms. The third kappa shape index (κ3) is 3.45. The van der Waals surface area contributed by atoms with E-state index < -0.39 is 0 Å².